The van der Waals surface area contributed by atoms with E-state index in [1.165, 1.54) is 0 Å². The van der Waals surface area contributed by atoms with E-state index in [1.54, 1.807) is 24.3 Å². The molecule has 1 aliphatic heterocycles. The Morgan fingerprint density at radius 1 is 0.966 bits per heavy atom. The number of amides is 2. The van der Waals surface area contributed by atoms with Gasteiger partial charge in [0.15, 0.2) is 11.5 Å². The van der Waals surface area contributed by atoms with E-state index < -0.39 is 0 Å². The van der Waals surface area contributed by atoms with E-state index in [4.69, 9.17) is 14.2 Å². The molecule has 0 aromatic heterocycles. The number of benzene rings is 2. The van der Waals surface area contributed by atoms with Crippen LogP contribution in [0.4, 0.5) is 11.4 Å². The lowest BCUT2D eigenvalue weighted by Gasteiger charge is -2.18. The molecule has 0 bridgehead atoms. The van der Waals surface area contributed by atoms with Gasteiger partial charge in [-0.15, -0.1) is 0 Å². The first-order valence-corrected chi connectivity index (χ1v) is 9.86. The van der Waals surface area contributed by atoms with E-state index in [2.05, 4.69) is 10.6 Å². The molecule has 0 fully saturated rings. The van der Waals surface area contributed by atoms with Gasteiger partial charge in [-0.2, -0.15) is 0 Å². The third kappa shape index (κ3) is 4.80. The molecule has 1 heterocycles. The third-order valence-electron chi connectivity index (χ3n) is 4.43. The summed E-state index contributed by atoms with van der Waals surface area (Å²) in [4.78, 5) is 24.4. The SMILES string of the molecule is CCOc1cc(C(=O)Nc2ccc3c(c2)CCC(=O)N3)cc(OCC)c1OCC. The second-order valence-corrected chi connectivity index (χ2v) is 6.47. The number of hydrogen-bond donors (Lipinski definition) is 2. The second-order valence-electron chi connectivity index (χ2n) is 6.47. The highest BCUT2D eigenvalue weighted by Gasteiger charge is 2.19. The molecular weight excluding hydrogens is 372 g/mol. The van der Waals surface area contributed by atoms with Crippen molar-refractivity contribution in [2.75, 3.05) is 30.5 Å². The number of hydrogen-bond acceptors (Lipinski definition) is 5. The number of rotatable bonds is 8. The van der Waals surface area contributed by atoms with E-state index in [9.17, 15) is 9.59 Å². The van der Waals surface area contributed by atoms with Crippen molar-refractivity contribution >= 4 is 23.2 Å². The van der Waals surface area contributed by atoms with Crippen molar-refractivity contribution in [1.82, 2.24) is 0 Å². The van der Waals surface area contributed by atoms with Gasteiger partial charge in [0.2, 0.25) is 11.7 Å². The first-order chi connectivity index (χ1) is 14.0. The molecule has 2 aromatic rings. The van der Waals surface area contributed by atoms with Gasteiger partial charge in [-0.05, 0) is 63.1 Å². The van der Waals surface area contributed by atoms with Gasteiger partial charge in [0.05, 0.1) is 19.8 Å². The molecule has 0 saturated carbocycles. The average molecular weight is 398 g/mol. The highest BCUT2D eigenvalue weighted by atomic mass is 16.5. The summed E-state index contributed by atoms with van der Waals surface area (Å²) < 4.78 is 17.0. The van der Waals surface area contributed by atoms with Crippen molar-refractivity contribution in [2.45, 2.75) is 33.6 Å². The molecule has 0 spiro atoms. The van der Waals surface area contributed by atoms with E-state index in [-0.39, 0.29) is 11.8 Å². The van der Waals surface area contributed by atoms with Gasteiger partial charge in [-0.3, -0.25) is 9.59 Å². The van der Waals surface area contributed by atoms with E-state index >= 15 is 0 Å². The Bertz CT molecular complexity index is 883. The lowest BCUT2D eigenvalue weighted by atomic mass is 10.0. The Morgan fingerprint density at radius 2 is 1.62 bits per heavy atom. The first-order valence-electron chi connectivity index (χ1n) is 9.86. The van der Waals surface area contributed by atoms with Gasteiger partial charge in [0.25, 0.3) is 5.91 Å². The predicted molar refractivity (Wildman–Crippen MR) is 111 cm³/mol. The number of aryl methyl sites for hydroxylation is 1. The van der Waals surface area contributed by atoms with Crippen LogP contribution in [0.5, 0.6) is 17.2 Å². The van der Waals surface area contributed by atoms with Gasteiger partial charge in [0, 0.05) is 23.4 Å². The number of anilines is 2. The quantitative estimate of drug-likeness (QED) is 0.701. The molecule has 7 heteroatoms. The Hall–Kier alpha value is -3.22. The molecule has 154 valence electrons. The van der Waals surface area contributed by atoms with Crippen molar-refractivity contribution in [3.05, 3.63) is 41.5 Å². The van der Waals surface area contributed by atoms with Crippen LogP contribution in [0.15, 0.2) is 30.3 Å². The minimum atomic E-state index is -0.283. The Morgan fingerprint density at radius 3 is 2.24 bits per heavy atom. The van der Waals surface area contributed by atoms with Crippen LogP contribution in [-0.4, -0.2) is 31.6 Å². The maximum absolute atomic E-state index is 12.9. The van der Waals surface area contributed by atoms with Gasteiger partial charge >= 0.3 is 0 Å². The largest absolute Gasteiger partial charge is 0.490 e. The summed E-state index contributed by atoms with van der Waals surface area (Å²) in [6.07, 6.45) is 1.09. The minimum Gasteiger partial charge on any atom is -0.490 e. The van der Waals surface area contributed by atoms with Gasteiger partial charge < -0.3 is 24.8 Å². The van der Waals surface area contributed by atoms with E-state index in [0.717, 1.165) is 11.3 Å². The van der Waals surface area contributed by atoms with Crippen LogP contribution in [0.25, 0.3) is 0 Å². The van der Waals surface area contributed by atoms with Gasteiger partial charge in [-0.1, -0.05) is 0 Å². The van der Waals surface area contributed by atoms with E-state index in [1.807, 2.05) is 26.8 Å². The zero-order chi connectivity index (χ0) is 20.8. The monoisotopic (exact) mass is 398 g/mol. The normalized spacial score (nSPS) is 12.6. The van der Waals surface area contributed by atoms with Gasteiger partial charge in [0.1, 0.15) is 0 Å². The molecular formula is C22H26N2O5. The number of carbonyl (C=O) groups is 2. The van der Waals surface area contributed by atoms with Crippen LogP contribution >= 0.6 is 0 Å². The Kier molecular flexibility index (Phi) is 6.59. The zero-order valence-electron chi connectivity index (χ0n) is 17.0. The van der Waals surface area contributed by atoms with E-state index in [0.29, 0.717) is 61.2 Å². The van der Waals surface area contributed by atoms with Crippen LogP contribution in [0.3, 0.4) is 0 Å². The lowest BCUT2D eigenvalue weighted by Crippen LogP contribution is -2.19. The summed E-state index contributed by atoms with van der Waals surface area (Å²) in [6.45, 7) is 6.95. The fourth-order valence-corrected chi connectivity index (χ4v) is 3.18. The molecule has 2 aromatic carbocycles. The highest BCUT2D eigenvalue weighted by Crippen LogP contribution is 2.39. The van der Waals surface area contributed by atoms with Crippen LogP contribution in [-0.2, 0) is 11.2 Å². The molecule has 29 heavy (non-hydrogen) atoms. The molecule has 3 rings (SSSR count). The summed E-state index contributed by atoms with van der Waals surface area (Å²) in [5.41, 5.74) is 2.86. The Labute approximate surface area is 170 Å². The average Bonchev–Trinajstić information content (AvgIpc) is 2.70. The zero-order valence-corrected chi connectivity index (χ0v) is 17.0. The molecule has 0 radical (unpaired) electrons. The van der Waals surface area contributed by atoms with Crippen LogP contribution in [0.1, 0.15) is 43.1 Å². The fraction of sp³-hybridized carbons (Fsp3) is 0.364. The summed E-state index contributed by atoms with van der Waals surface area (Å²) in [7, 11) is 0. The lowest BCUT2D eigenvalue weighted by molar-refractivity contribution is -0.116. The summed E-state index contributed by atoms with van der Waals surface area (Å²) in [5, 5.41) is 5.74. The number of ether oxygens (including phenoxy) is 3. The van der Waals surface area contributed by atoms with Crippen LogP contribution in [0.2, 0.25) is 0 Å². The maximum atomic E-state index is 12.9. The molecule has 2 amide bonds. The third-order valence-corrected chi connectivity index (χ3v) is 4.43. The number of fused-ring (bicyclic) bond motifs is 1. The van der Waals surface area contributed by atoms with Crippen molar-refractivity contribution < 1.29 is 23.8 Å². The molecule has 0 atom stereocenters. The molecule has 0 unspecified atom stereocenters. The van der Waals surface area contributed by atoms with Crippen molar-refractivity contribution in [3.63, 3.8) is 0 Å². The number of nitrogens with one attached hydrogen (secondary N) is 2. The second kappa shape index (κ2) is 9.32. The highest BCUT2D eigenvalue weighted by molar-refractivity contribution is 6.05. The van der Waals surface area contributed by atoms with Gasteiger partial charge in [-0.25, -0.2) is 0 Å². The molecule has 0 saturated heterocycles. The summed E-state index contributed by atoms with van der Waals surface area (Å²) >= 11 is 0. The van der Waals surface area contributed by atoms with Crippen molar-refractivity contribution in [2.24, 2.45) is 0 Å². The first kappa shape index (κ1) is 20.5. The predicted octanol–water partition coefficient (Wildman–Crippen LogP) is 4.02. The van der Waals surface area contributed by atoms with Crippen LogP contribution < -0.4 is 24.8 Å². The maximum Gasteiger partial charge on any atom is 0.255 e. The Balaban J connectivity index is 1.87. The standard InChI is InChI=1S/C22H26N2O5/c1-4-27-18-12-15(13-19(28-5-2)21(18)29-6-3)22(26)23-16-8-9-17-14(11-16)7-10-20(25)24-17/h8-9,11-13H,4-7,10H2,1-3H3,(H,23,26)(H,24,25). The smallest absolute Gasteiger partial charge is 0.255 e. The number of carbonyl (C=O) groups excluding carboxylic acids is 2. The fourth-order valence-electron chi connectivity index (χ4n) is 3.18. The summed E-state index contributed by atoms with van der Waals surface area (Å²) in [5.74, 6) is 1.17. The van der Waals surface area contributed by atoms with Crippen molar-refractivity contribution in [1.29, 1.82) is 0 Å². The van der Waals surface area contributed by atoms with Crippen molar-refractivity contribution in [3.8, 4) is 17.2 Å². The molecule has 7 nitrogen and oxygen atoms in total. The molecule has 0 aliphatic carbocycles. The molecule has 2 N–H and O–H groups in total. The topological polar surface area (TPSA) is 85.9 Å². The van der Waals surface area contributed by atoms with Crippen LogP contribution in [0, 0.1) is 0 Å². The summed E-state index contributed by atoms with van der Waals surface area (Å²) in [6, 6.07) is 8.77. The molecule has 1 aliphatic rings. The minimum absolute atomic E-state index is 0.00980.